The zero-order chi connectivity index (χ0) is 35.3. The minimum atomic E-state index is -4.70. The average molecular weight is 676 g/mol. The maximum Gasteiger partial charge on any atom is 0.416 e. The molecule has 2 aliphatic rings. The second-order valence-electron chi connectivity index (χ2n) is 11.4. The number of benzene rings is 2. The summed E-state index contributed by atoms with van der Waals surface area (Å²) in [6.45, 7) is 9.53. The van der Waals surface area contributed by atoms with Gasteiger partial charge in [0, 0.05) is 38.0 Å². The van der Waals surface area contributed by atoms with E-state index in [1.54, 1.807) is 0 Å². The quantitative estimate of drug-likeness (QED) is 0.367. The second-order valence-corrected chi connectivity index (χ2v) is 13.4. The molecule has 1 atom stereocenters. The topological polar surface area (TPSA) is 122 Å². The van der Waals surface area contributed by atoms with Crippen molar-refractivity contribution in [3.8, 4) is 6.07 Å². The van der Waals surface area contributed by atoms with E-state index in [-0.39, 0.29) is 45.8 Å². The Balaban J connectivity index is 0.000000771. The fraction of sp³-hybridized carbons (Fsp3) is 0.455. The van der Waals surface area contributed by atoms with Gasteiger partial charge in [0.05, 0.1) is 33.8 Å². The number of anilines is 1. The predicted octanol–water partition coefficient (Wildman–Crippen LogP) is 5.41. The molecule has 1 aliphatic heterocycles. The molecule has 14 heteroatoms. The van der Waals surface area contributed by atoms with Crippen LogP contribution in [0.5, 0.6) is 0 Å². The third kappa shape index (κ3) is 8.39. The van der Waals surface area contributed by atoms with Crippen LogP contribution in [0.15, 0.2) is 58.6 Å². The SMILES string of the molecule is CCN(CC)CC.CN(C)C(=O)CN1C(=O)N(c2cccc(C(F)(F)F)c2)C2=C(C(=O)CCC2)C1c1ccc(C#N)cc1S(C)(=O)=O. The summed E-state index contributed by atoms with van der Waals surface area (Å²) in [6.07, 6.45) is -3.26. The van der Waals surface area contributed by atoms with E-state index in [4.69, 9.17) is 0 Å². The van der Waals surface area contributed by atoms with Crippen molar-refractivity contribution in [2.75, 3.05) is 51.4 Å². The van der Waals surface area contributed by atoms with Crippen molar-refractivity contribution in [1.29, 1.82) is 5.26 Å². The molecule has 1 heterocycles. The number of halogens is 3. The number of amides is 3. The molecule has 0 saturated carbocycles. The van der Waals surface area contributed by atoms with Crippen LogP contribution in [-0.2, 0) is 25.6 Å². The average Bonchev–Trinajstić information content (AvgIpc) is 3.02. The molecule has 0 radical (unpaired) electrons. The highest BCUT2D eigenvalue weighted by molar-refractivity contribution is 7.90. The van der Waals surface area contributed by atoms with Crippen LogP contribution in [0.3, 0.4) is 0 Å². The van der Waals surface area contributed by atoms with Crippen LogP contribution in [-0.4, -0.2) is 87.4 Å². The Kier molecular flexibility index (Phi) is 12.0. The van der Waals surface area contributed by atoms with Crippen molar-refractivity contribution in [2.45, 2.75) is 57.1 Å². The number of nitriles is 1. The molecular formula is C33H40F3N5O5S. The van der Waals surface area contributed by atoms with E-state index >= 15 is 0 Å². The van der Waals surface area contributed by atoms with Gasteiger partial charge in [-0.1, -0.05) is 32.9 Å². The summed E-state index contributed by atoms with van der Waals surface area (Å²) in [5.74, 6) is -0.994. The number of sulfone groups is 1. The molecule has 1 aliphatic carbocycles. The van der Waals surface area contributed by atoms with Crippen LogP contribution in [0.25, 0.3) is 0 Å². The third-order valence-corrected chi connectivity index (χ3v) is 9.29. The van der Waals surface area contributed by atoms with E-state index in [1.807, 2.05) is 6.07 Å². The van der Waals surface area contributed by atoms with Crippen LogP contribution in [0.4, 0.5) is 23.7 Å². The van der Waals surface area contributed by atoms with Gasteiger partial charge in [-0.15, -0.1) is 0 Å². The van der Waals surface area contributed by atoms with E-state index in [0.29, 0.717) is 6.42 Å². The van der Waals surface area contributed by atoms with Crippen molar-refractivity contribution < 1.29 is 36.0 Å². The van der Waals surface area contributed by atoms with Gasteiger partial charge in [-0.05, 0) is 68.4 Å². The minimum absolute atomic E-state index is 0.00727. The van der Waals surface area contributed by atoms with E-state index < -0.39 is 51.9 Å². The number of Topliss-reactive ketones (excluding diaryl/α,β-unsaturated/α-hetero) is 1. The maximum absolute atomic E-state index is 14.1. The summed E-state index contributed by atoms with van der Waals surface area (Å²) in [5.41, 5.74) is -0.963. The lowest BCUT2D eigenvalue weighted by atomic mass is 9.83. The Morgan fingerprint density at radius 3 is 2.17 bits per heavy atom. The molecule has 0 spiro atoms. The lowest BCUT2D eigenvalue weighted by molar-refractivity contribution is -0.137. The first-order chi connectivity index (χ1) is 22.0. The summed E-state index contributed by atoms with van der Waals surface area (Å²) in [6, 6.07) is 7.51. The predicted molar refractivity (Wildman–Crippen MR) is 171 cm³/mol. The highest BCUT2D eigenvalue weighted by Crippen LogP contribution is 2.46. The number of hydrogen-bond acceptors (Lipinski definition) is 7. The van der Waals surface area contributed by atoms with Crippen molar-refractivity contribution in [2.24, 2.45) is 0 Å². The lowest BCUT2D eigenvalue weighted by Gasteiger charge is -2.45. The second kappa shape index (κ2) is 15.1. The molecule has 0 fully saturated rings. The summed E-state index contributed by atoms with van der Waals surface area (Å²) in [7, 11) is -1.12. The molecule has 1 unspecified atom stereocenters. The standard InChI is InChI=1S/C27H25F3N4O5S.C6H15N/c1-32(2)23(36)15-33-25(19-11-10-16(14-31)12-22(19)40(3,38)39)24-20(8-5-9-21(24)35)34(26(33)37)18-7-4-6-17(13-18)27(28,29)30;1-4-7(5-2)6-3/h4,6-7,10-13,25H,5,8-9,15H2,1-3H3;4-6H2,1-3H3. The van der Waals surface area contributed by atoms with Crippen LogP contribution < -0.4 is 4.90 Å². The Morgan fingerprint density at radius 2 is 1.66 bits per heavy atom. The fourth-order valence-electron chi connectivity index (χ4n) is 5.58. The number of ketones is 1. The van der Waals surface area contributed by atoms with E-state index in [9.17, 15) is 41.2 Å². The first-order valence-corrected chi connectivity index (χ1v) is 17.1. The number of rotatable bonds is 8. The fourth-order valence-corrected chi connectivity index (χ4v) is 6.53. The normalized spacial score (nSPS) is 16.8. The van der Waals surface area contributed by atoms with Gasteiger partial charge in [-0.2, -0.15) is 18.4 Å². The smallest absolute Gasteiger partial charge is 0.347 e. The zero-order valence-electron chi connectivity index (χ0n) is 27.4. The number of nitrogens with zero attached hydrogens (tertiary/aromatic N) is 5. The summed E-state index contributed by atoms with van der Waals surface area (Å²) < 4.78 is 66.3. The Labute approximate surface area is 273 Å². The number of carbonyl (C=O) groups excluding carboxylic acids is 3. The largest absolute Gasteiger partial charge is 0.416 e. The summed E-state index contributed by atoms with van der Waals surface area (Å²) in [5, 5.41) is 9.36. The number of hydrogen-bond donors (Lipinski definition) is 0. The minimum Gasteiger partial charge on any atom is -0.347 e. The summed E-state index contributed by atoms with van der Waals surface area (Å²) in [4.78, 5) is 45.8. The van der Waals surface area contributed by atoms with Crippen LogP contribution in [0, 0.1) is 11.3 Å². The molecule has 4 rings (SSSR count). The van der Waals surface area contributed by atoms with Crippen molar-refractivity contribution in [3.63, 3.8) is 0 Å². The van der Waals surface area contributed by atoms with Gasteiger partial charge in [0.15, 0.2) is 15.6 Å². The zero-order valence-corrected chi connectivity index (χ0v) is 28.2. The Hall–Kier alpha value is -4.22. The number of urea groups is 1. The van der Waals surface area contributed by atoms with Crippen molar-refractivity contribution >= 4 is 33.2 Å². The molecule has 47 heavy (non-hydrogen) atoms. The molecule has 2 aromatic rings. The van der Waals surface area contributed by atoms with Crippen molar-refractivity contribution in [3.05, 3.63) is 70.4 Å². The van der Waals surface area contributed by atoms with Crippen LogP contribution in [0.2, 0.25) is 0 Å². The third-order valence-electron chi connectivity index (χ3n) is 8.14. The van der Waals surface area contributed by atoms with Gasteiger partial charge in [0.1, 0.15) is 6.54 Å². The molecule has 2 aromatic carbocycles. The van der Waals surface area contributed by atoms with E-state index in [2.05, 4.69) is 25.7 Å². The monoisotopic (exact) mass is 675 g/mol. The van der Waals surface area contributed by atoms with Gasteiger partial charge >= 0.3 is 12.2 Å². The van der Waals surface area contributed by atoms with Gasteiger partial charge in [0.2, 0.25) is 5.91 Å². The van der Waals surface area contributed by atoms with Gasteiger partial charge in [-0.25, -0.2) is 13.2 Å². The number of carbonyl (C=O) groups is 3. The number of alkyl halides is 3. The van der Waals surface area contributed by atoms with E-state index in [0.717, 1.165) is 40.3 Å². The van der Waals surface area contributed by atoms with Crippen LogP contribution >= 0.6 is 0 Å². The Bertz CT molecular complexity index is 1690. The first-order valence-electron chi connectivity index (χ1n) is 15.2. The molecule has 0 bridgehead atoms. The Morgan fingerprint density at radius 1 is 1.02 bits per heavy atom. The van der Waals surface area contributed by atoms with Crippen LogP contribution in [0.1, 0.15) is 62.8 Å². The van der Waals surface area contributed by atoms with E-state index in [1.165, 1.54) is 56.8 Å². The van der Waals surface area contributed by atoms with Crippen molar-refractivity contribution in [1.82, 2.24) is 14.7 Å². The molecule has 3 amide bonds. The summed E-state index contributed by atoms with van der Waals surface area (Å²) >= 11 is 0. The number of allylic oxidation sites excluding steroid dienone is 1. The lowest BCUT2D eigenvalue weighted by Crippen LogP contribution is -2.54. The molecule has 254 valence electrons. The molecule has 10 nitrogen and oxygen atoms in total. The van der Waals surface area contributed by atoms with Gasteiger partial charge in [0.25, 0.3) is 0 Å². The molecule has 0 aromatic heterocycles. The van der Waals surface area contributed by atoms with Gasteiger partial charge < -0.3 is 14.7 Å². The highest BCUT2D eigenvalue weighted by Gasteiger charge is 2.47. The molecule has 0 saturated heterocycles. The molecular weight excluding hydrogens is 635 g/mol. The van der Waals surface area contributed by atoms with Gasteiger partial charge in [-0.3, -0.25) is 14.5 Å². The first kappa shape index (κ1) is 37.2. The molecule has 0 N–H and O–H groups in total. The highest BCUT2D eigenvalue weighted by atomic mass is 32.2. The maximum atomic E-state index is 14.1. The number of likely N-dealkylation sites (N-methyl/N-ethyl adjacent to an activating group) is 1.